The summed E-state index contributed by atoms with van der Waals surface area (Å²) in [6.07, 6.45) is 4.37. The van der Waals surface area contributed by atoms with Crippen LogP contribution in [-0.4, -0.2) is 23.6 Å². The van der Waals surface area contributed by atoms with Crippen LogP contribution in [0.15, 0.2) is 40.2 Å². The molecule has 0 bridgehead atoms. The first-order valence-corrected chi connectivity index (χ1v) is 6.49. The topological polar surface area (TPSA) is 87.7 Å². The molecule has 16 heavy (non-hydrogen) atoms. The Labute approximate surface area is 100 Å². The van der Waals surface area contributed by atoms with Gasteiger partial charge < -0.3 is 0 Å². The summed E-state index contributed by atoms with van der Waals surface area (Å²) in [5, 5.41) is 5.98. The minimum atomic E-state index is -3.62. The molecule has 84 valence electrons. The number of pyridine rings is 1. The van der Waals surface area contributed by atoms with Crippen LogP contribution in [0.4, 0.5) is 5.69 Å². The standard InChI is InChI=1S/C8H7BrN4O2S/c9-6-5-10-3-1-7(6)13-16(14,15)8-2-4-11-12-8/h1-5H,(H,10,13)(H,11,12). The van der Waals surface area contributed by atoms with Crippen LogP contribution in [-0.2, 0) is 10.0 Å². The maximum Gasteiger partial charge on any atom is 0.278 e. The van der Waals surface area contributed by atoms with Crippen molar-refractivity contribution in [3.05, 3.63) is 35.2 Å². The van der Waals surface area contributed by atoms with E-state index in [2.05, 4.69) is 35.8 Å². The summed E-state index contributed by atoms with van der Waals surface area (Å²) in [5.41, 5.74) is 0.421. The van der Waals surface area contributed by atoms with Gasteiger partial charge in [-0.25, -0.2) is 0 Å². The minimum Gasteiger partial charge on any atom is -0.277 e. The fraction of sp³-hybridized carbons (Fsp3) is 0. The highest BCUT2D eigenvalue weighted by Crippen LogP contribution is 2.22. The van der Waals surface area contributed by atoms with Crippen LogP contribution in [0.2, 0.25) is 0 Å². The average Bonchev–Trinajstić information content (AvgIpc) is 2.75. The van der Waals surface area contributed by atoms with Gasteiger partial charge in [0, 0.05) is 12.4 Å². The number of rotatable bonds is 3. The lowest BCUT2D eigenvalue weighted by Crippen LogP contribution is -2.13. The molecule has 0 aromatic carbocycles. The van der Waals surface area contributed by atoms with E-state index in [1.807, 2.05) is 0 Å². The molecule has 6 nitrogen and oxygen atoms in total. The first-order valence-electron chi connectivity index (χ1n) is 4.21. The van der Waals surface area contributed by atoms with Gasteiger partial charge in [0.25, 0.3) is 10.0 Å². The maximum absolute atomic E-state index is 11.8. The fourth-order valence-electron chi connectivity index (χ4n) is 1.05. The van der Waals surface area contributed by atoms with E-state index in [4.69, 9.17) is 0 Å². The summed E-state index contributed by atoms with van der Waals surface area (Å²) in [6.45, 7) is 0. The number of H-pyrrole nitrogens is 1. The smallest absolute Gasteiger partial charge is 0.277 e. The van der Waals surface area contributed by atoms with Gasteiger partial charge in [0.15, 0.2) is 5.03 Å². The predicted octanol–water partition coefficient (Wildman–Crippen LogP) is 1.37. The Morgan fingerprint density at radius 2 is 2.12 bits per heavy atom. The zero-order valence-corrected chi connectivity index (χ0v) is 10.3. The van der Waals surface area contributed by atoms with Crippen molar-refractivity contribution in [2.75, 3.05) is 4.72 Å². The first-order chi connectivity index (χ1) is 7.59. The molecule has 0 saturated carbocycles. The second kappa shape index (κ2) is 4.22. The third kappa shape index (κ3) is 2.22. The van der Waals surface area contributed by atoms with Gasteiger partial charge in [-0.2, -0.15) is 13.5 Å². The highest BCUT2D eigenvalue weighted by Gasteiger charge is 2.16. The molecule has 0 aliphatic heterocycles. The second-order valence-electron chi connectivity index (χ2n) is 2.88. The van der Waals surface area contributed by atoms with Gasteiger partial charge in [0.1, 0.15) is 0 Å². The van der Waals surface area contributed by atoms with Crippen molar-refractivity contribution in [2.24, 2.45) is 0 Å². The number of hydrogen-bond acceptors (Lipinski definition) is 4. The summed E-state index contributed by atoms with van der Waals surface area (Å²) in [6, 6.07) is 2.93. The van der Waals surface area contributed by atoms with Gasteiger partial charge in [-0.1, -0.05) is 0 Å². The van der Waals surface area contributed by atoms with Crippen molar-refractivity contribution in [3.63, 3.8) is 0 Å². The first kappa shape index (κ1) is 11.1. The number of aromatic nitrogens is 3. The third-order valence-electron chi connectivity index (χ3n) is 1.78. The molecule has 0 aliphatic rings. The molecular weight excluding hydrogens is 296 g/mol. The summed E-state index contributed by atoms with van der Waals surface area (Å²) < 4.78 is 26.6. The lowest BCUT2D eigenvalue weighted by Gasteiger charge is -2.06. The molecule has 0 saturated heterocycles. The molecule has 8 heteroatoms. The van der Waals surface area contributed by atoms with Crippen molar-refractivity contribution in [1.29, 1.82) is 0 Å². The normalized spacial score (nSPS) is 11.3. The molecule has 2 aromatic heterocycles. The molecule has 2 heterocycles. The lowest BCUT2D eigenvalue weighted by atomic mass is 10.4. The Kier molecular flexibility index (Phi) is 2.92. The summed E-state index contributed by atoms with van der Waals surface area (Å²) in [7, 11) is -3.62. The Morgan fingerprint density at radius 1 is 1.31 bits per heavy atom. The molecular formula is C8H7BrN4O2S. The molecule has 0 radical (unpaired) electrons. The average molecular weight is 303 g/mol. The Bertz CT molecular complexity index is 582. The quantitative estimate of drug-likeness (QED) is 0.896. The maximum atomic E-state index is 11.8. The molecule has 0 aliphatic carbocycles. The molecule has 0 spiro atoms. The van der Waals surface area contributed by atoms with E-state index in [9.17, 15) is 8.42 Å². The molecule has 0 unspecified atom stereocenters. The zero-order valence-electron chi connectivity index (χ0n) is 7.88. The van der Waals surface area contributed by atoms with E-state index in [1.54, 1.807) is 6.07 Å². The van der Waals surface area contributed by atoms with Crippen LogP contribution in [0, 0.1) is 0 Å². The van der Waals surface area contributed by atoms with Crippen LogP contribution in [0.1, 0.15) is 0 Å². The van der Waals surface area contributed by atoms with Gasteiger partial charge in [0.05, 0.1) is 16.4 Å². The highest BCUT2D eigenvalue weighted by atomic mass is 79.9. The highest BCUT2D eigenvalue weighted by molar-refractivity contribution is 9.10. The number of anilines is 1. The Balaban J connectivity index is 2.33. The Morgan fingerprint density at radius 3 is 2.75 bits per heavy atom. The monoisotopic (exact) mass is 302 g/mol. The van der Waals surface area contributed by atoms with E-state index in [0.717, 1.165) is 0 Å². The van der Waals surface area contributed by atoms with Crippen molar-refractivity contribution >= 4 is 31.6 Å². The summed E-state index contributed by atoms with van der Waals surface area (Å²) in [4.78, 5) is 3.84. The third-order valence-corrected chi connectivity index (χ3v) is 3.71. The zero-order chi connectivity index (χ0) is 11.6. The fourth-order valence-corrected chi connectivity index (χ4v) is 2.52. The Hall–Kier alpha value is -1.41. The van der Waals surface area contributed by atoms with Crippen LogP contribution in [0.3, 0.4) is 0 Å². The molecule has 0 atom stereocenters. The second-order valence-corrected chi connectivity index (χ2v) is 5.39. The van der Waals surface area contributed by atoms with Crippen LogP contribution in [0.5, 0.6) is 0 Å². The number of nitrogens with one attached hydrogen (secondary N) is 2. The minimum absolute atomic E-state index is 0.0104. The molecule has 2 N–H and O–H groups in total. The van der Waals surface area contributed by atoms with E-state index in [1.165, 1.54) is 24.7 Å². The summed E-state index contributed by atoms with van der Waals surface area (Å²) >= 11 is 3.20. The van der Waals surface area contributed by atoms with Gasteiger partial charge in [-0.05, 0) is 28.1 Å². The molecule has 0 amide bonds. The summed E-state index contributed by atoms with van der Waals surface area (Å²) in [5.74, 6) is 0. The van der Waals surface area contributed by atoms with Crippen LogP contribution < -0.4 is 4.72 Å². The predicted molar refractivity (Wildman–Crippen MR) is 61.3 cm³/mol. The largest absolute Gasteiger partial charge is 0.278 e. The number of sulfonamides is 1. The molecule has 0 fully saturated rings. The van der Waals surface area contributed by atoms with E-state index in [0.29, 0.717) is 10.2 Å². The van der Waals surface area contributed by atoms with Gasteiger partial charge >= 0.3 is 0 Å². The number of halogens is 1. The SMILES string of the molecule is O=S(=O)(Nc1ccncc1Br)c1ccn[nH]1. The number of nitrogens with zero attached hydrogens (tertiary/aromatic N) is 2. The van der Waals surface area contributed by atoms with Crippen LogP contribution in [0.25, 0.3) is 0 Å². The van der Waals surface area contributed by atoms with Gasteiger partial charge in [0.2, 0.25) is 0 Å². The van der Waals surface area contributed by atoms with E-state index in [-0.39, 0.29) is 5.03 Å². The lowest BCUT2D eigenvalue weighted by molar-refractivity contribution is 0.597. The van der Waals surface area contributed by atoms with Crippen LogP contribution >= 0.6 is 15.9 Å². The van der Waals surface area contributed by atoms with Crippen molar-refractivity contribution < 1.29 is 8.42 Å². The molecule has 2 aromatic rings. The number of aromatic amines is 1. The number of hydrogen-bond donors (Lipinski definition) is 2. The van der Waals surface area contributed by atoms with Crippen molar-refractivity contribution in [2.45, 2.75) is 5.03 Å². The van der Waals surface area contributed by atoms with Crippen molar-refractivity contribution in [3.8, 4) is 0 Å². The van der Waals surface area contributed by atoms with Gasteiger partial charge in [-0.3, -0.25) is 14.8 Å². The van der Waals surface area contributed by atoms with E-state index >= 15 is 0 Å². The molecule has 2 rings (SSSR count). The van der Waals surface area contributed by atoms with E-state index < -0.39 is 10.0 Å². The van der Waals surface area contributed by atoms with Gasteiger partial charge in [-0.15, -0.1) is 0 Å². The van der Waals surface area contributed by atoms with Crippen molar-refractivity contribution in [1.82, 2.24) is 15.2 Å².